The summed E-state index contributed by atoms with van der Waals surface area (Å²) >= 11 is 0. The lowest BCUT2D eigenvalue weighted by atomic mass is 9.94. The zero-order chi connectivity index (χ0) is 21.4. The molecule has 160 valence electrons. The van der Waals surface area contributed by atoms with Crippen LogP contribution in [0, 0.1) is 6.92 Å². The third kappa shape index (κ3) is 6.47. The van der Waals surface area contributed by atoms with Gasteiger partial charge >= 0.3 is 11.9 Å². The van der Waals surface area contributed by atoms with Gasteiger partial charge in [0.1, 0.15) is 12.4 Å². The second-order valence-electron chi connectivity index (χ2n) is 7.09. The number of nitrogens with zero attached hydrogens (tertiary/aromatic N) is 1. The first-order valence-corrected chi connectivity index (χ1v) is 9.74. The molecule has 3 N–H and O–H groups in total. The van der Waals surface area contributed by atoms with E-state index in [2.05, 4.69) is 30.1 Å². The Morgan fingerprint density at radius 3 is 2.55 bits per heavy atom. The van der Waals surface area contributed by atoms with Crippen molar-refractivity contribution in [2.75, 3.05) is 44.8 Å². The molecule has 3 rings (SSSR count). The van der Waals surface area contributed by atoms with E-state index in [9.17, 15) is 9.59 Å². The molecule has 0 aliphatic carbocycles. The molecule has 0 bridgehead atoms. The predicted molar refractivity (Wildman–Crippen MR) is 110 cm³/mol. The third-order valence-electron chi connectivity index (χ3n) is 5.04. The standard InChI is InChI=1S/C17H26N2O2.C4H4O4/c1-12(20-3)11-19-8-9-21-16-10-14-4-6-18-7-5-15(14)13(2)17(16)19;5-3(6)1-2-4(7)8/h10,12,18H,4-9,11H2,1-3H3;1-2H,(H,5,6)(H,7,8)/b;2-1+/t12-;/m1./s1. The molecule has 2 aliphatic rings. The van der Waals surface area contributed by atoms with E-state index in [0.29, 0.717) is 12.2 Å². The Balaban J connectivity index is 0.000000321. The number of rotatable bonds is 5. The summed E-state index contributed by atoms with van der Waals surface area (Å²) in [5, 5.41) is 19.1. The molecular formula is C21H30N2O6. The minimum atomic E-state index is -1.26. The number of hydrogen-bond acceptors (Lipinski definition) is 6. The van der Waals surface area contributed by atoms with Crippen LogP contribution < -0.4 is 15.0 Å². The number of aliphatic carboxylic acids is 2. The van der Waals surface area contributed by atoms with Gasteiger partial charge in [-0.1, -0.05) is 0 Å². The number of nitrogens with one attached hydrogen (secondary N) is 1. The Bertz CT molecular complexity index is 746. The van der Waals surface area contributed by atoms with Crippen LogP contribution in [0.2, 0.25) is 0 Å². The number of fused-ring (bicyclic) bond motifs is 2. The van der Waals surface area contributed by atoms with Crippen molar-refractivity contribution in [2.24, 2.45) is 0 Å². The summed E-state index contributed by atoms with van der Waals surface area (Å²) in [5.74, 6) is -1.46. The van der Waals surface area contributed by atoms with Gasteiger partial charge in [0.25, 0.3) is 0 Å². The van der Waals surface area contributed by atoms with Gasteiger partial charge in [-0.25, -0.2) is 9.59 Å². The molecule has 0 saturated carbocycles. The number of methoxy groups -OCH3 is 1. The Morgan fingerprint density at radius 1 is 1.28 bits per heavy atom. The van der Waals surface area contributed by atoms with Crippen LogP contribution in [0.3, 0.4) is 0 Å². The molecule has 0 fully saturated rings. The van der Waals surface area contributed by atoms with Gasteiger partial charge in [0, 0.05) is 25.8 Å². The van der Waals surface area contributed by atoms with Gasteiger partial charge in [0.15, 0.2) is 0 Å². The van der Waals surface area contributed by atoms with E-state index >= 15 is 0 Å². The highest BCUT2D eigenvalue weighted by atomic mass is 16.5. The van der Waals surface area contributed by atoms with E-state index in [4.69, 9.17) is 19.7 Å². The highest BCUT2D eigenvalue weighted by Gasteiger charge is 2.25. The molecule has 8 nitrogen and oxygen atoms in total. The lowest BCUT2D eigenvalue weighted by Gasteiger charge is -2.35. The second kappa shape index (κ2) is 10.8. The molecule has 2 aliphatic heterocycles. The first-order valence-electron chi connectivity index (χ1n) is 9.74. The predicted octanol–water partition coefficient (Wildman–Crippen LogP) is 1.63. The van der Waals surface area contributed by atoms with Crippen LogP contribution in [0.25, 0.3) is 0 Å². The topological polar surface area (TPSA) is 108 Å². The van der Waals surface area contributed by atoms with Gasteiger partial charge in [0.2, 0.25) is 0 Å². The highest BCUT2D eigenvalue weighted by Crippen LogP contribution is 2.39. The van der Waals surface area contributed by atoms with Crippen LogP contribution in [0.1, 0.15) is 23.6 Å². The van der Waals surface area contributed by atoms with Crippen molar-refractivity contribution in [1.29, 1.82) is 0 Å². The van der Waals surface area contributed by atoms with Gasteiger partial charge in [-0.15, -0.1) is 0 Å². The van der Waals surface area contributed by atoms with Gasteiger partial charge in [-0.2, -0.15) is 0 Å². The summed E-state index contributed by atoms with van der Waals surface area (Å²) in [7, 11) is 1.78. The first kappa shape index (κ1) is 22.7. The Kier molecular flexibility index (Phi) is 8.48. The molecular weight excluding hydrogens is 376 g/mol. The summed E-state index contributed by atoms with van der Waals surface area (Å²) in [4.78, 5) is 21.5. The fourth-order valence-electron chi connectivity index (χ4n) is 3.61. The van der Waals surface area contributed by atoms with Gasteiger partial charge in [0.05, 0.1) is 18.3 Å². The zero-order valence-corrected chi connectivity index (χ0v) is 17.2. The van der Waals surface area contributed by atoms with E-state index in [0.717, 1.165) is 51.4 Å². The van der Waals surface area contributed by atoms with Crippen molar-refractivity contribution in [2.45, 2.75) is 32.8 Å². The molecule has 2 heterocycles. The van der Waals surface area contributed by atoms with Crippen LogP contribution >= 0.6 is 0 Å². The second-order valence-corrected chi connectivity index (χ2v) is 7.09. The summed E-state index contributed by atoms with van der Waals surface area (Å²) < 4.78 is 11.4. The quantitative estimate of drug-likeness (QED) is 0.633. The number of hydrogen-bond donors (Lipinski definition) is 3. The van der Waals surface area contributed by atoms with Crippen LogP contribution in [-0.4, -0.2) is 68.2 Å². The van der Waals surface area contributed by atoms with Crippen LogP contribution in [0.4, 0.5) is 5.69 Å². The number of carbonyl (C=O) groups is 2. The van der Waals surface area contributed by atoms with Gasteiger partial charge in [-0.05, 0) is 62.5 Å². The van der Waals surface area contributed by atoms with Crippen LogP contribution in [0.15, 0.2) is 18.2 Å². The number of carboxylic acids is 2. The molecule has 1 atom stereocenters. The molecule has 0 spiro atoms. The van der Waals surface area contributed by atoms with Gasteiger partial charge in [-0.3, -0.25) is 0 Å². The lowest BCUT2D eigenvalue weighted by molar-refractivity contribution is -0.134. The van der Waals surface area contributed by atoms with Crippen molar-refractivity contribution >= 4 is 17.6 Å². The molecule has 0 saturated heterocycles. The number of ether oxygens (including phenoxy) is 2. The summed E-state index contributed by atoms with van der Waals surface area (Å²) in [6.07, 6.45) is 3.56. The maximum absolute atomic E-state index is 9.55. The van der Waals surface area contributed by atoms with Gasteiger partial charge < -0.3 is 29.9 Å². The normalized spacial score (nSPS) is 16.6. The van der Waals surface area contributed by atoms with E-state index in [-0.39, 0.29) is 6.10 Å². The van der Waals surface area contributed by atoms with Crippen molar-refractivity contribution in [1.82, 2.24) is 5.32 Å². The third-order valence-corrected chi connectivity index (χ3v) is 5.04. The molecule has 1 aromatic carbocycles. The maximum atomic E-state index is 9.55. The summed E-state index contributed by atoms with van der Waals surface area (Å²) in [6.45, 7) is 9.14. The maximum Gasteiger partial charge on any atom is 0.328 e. The van der Waals surface area contributed by atoms with Crippen molar-refractivity contribution in [3.8, 4) is 5.75 Å². The largest absolute Gasteiger partial charge is 0.490 e. The van der Waals surface area contributed by atoms with Crippen molar-refractivity contribution in [3.63, 3.8) is 0 Å². The van der Waals surface area contributed by atoms with Crippen molar-refractivity contribution < 1.29 is 29.3 Å². The first-order chi connectivity index (χ1) is 13.8. The molecule has 8 heteroatoms. The summed E-state index contributed by atoms with van der Waals surface area (Å²) in [6, 6.07) is 2.27. The Hall–Kier alpha value is -2.58. The molecule has 0 radical (unpaired) electrons. The minimum absolute atomic E-state index is 0.232. The molecule has 1 aromatic rings. The fraction of sp³-hybridized carbons (Fsp3) is 0.524. The number of carboxylic acid groups (broad SMARTS) is 2. The van der Waals surface area contributed by atoms with E-state index < -0.39 is 11.9 Å². The number of benzene rings is 1. The monoisotopic (exact) mass is 406 g/mol. The molecule has 0 unspecified atom stereocenters. The summed E-state index contributed by atoms with van der Waals surface area (Å²) in [5.41, 5.74) is 5.65. The zero-order valence-electron chi connectivity index (χ0n) is 17.2. The average molecular weight is 406 g/mol. The van der Waals surface area contributed by atoms with E-state index in [1.54, 1.807) is 7.11 Å². The van der Waals surface area contributed by atoms with Crippen LogP contribution in [-0.2, 0) is 27.2 Å². The highest BCUT2D eigenvalue weighted by molar-refractivity contribution is 5.89. The van der Waals surface area contributed by atoms with Crippen LogP contribution in [0.5, 0.6) is 5.75 Å². The molecule has 29 heavy (non-hydrogen) atoms. The minimum Gasteiger partial charge on any atom is -0.490 e. The number of anilines is 1. The Labute approximate surface area is 171 Å². The van der Waals surface area contributed by atoms with E-state index in [1.165, 1.54) is 22.4 Å². The lowest BCUT2D eigenvalue weighted by Crippen LogP contribution is -2.39. The SMILES string of the molecule is CO[C@H](C)CN1CCOc2cc3c(c(C)c21)CCNCC3.O=C(O)/C=C/C(=O)O. The smallest absolute Gasteiger partial charge is 0.328 e. The molecule has 0 amide bonds. The molecule has 0 aromatic heterocycles. The fourth-order valence-corrected chi connectivity index (χ4v) is 3.61. The van der Waals surface area contributed by atoms with Crippen molar-refractivity contribution in [3.05, 3.63) is 34.9 Å². The van der Waals surface area contributed by atoms with E-state index in [1.807, 2.05) is 0 Å². The Morgan fingerprint density at radius 2 is 1.93 bits per heavy atom. The average Bonchev–Trinajstić information content (AvgIpc) is 2.92.